The van der Waals surface area contributed by atoms with E-state index in [1.807, 2.05) is 0 Å². The van der Waals surface area contributed by atoms with E-state index in [4.69, 9.17) is 4.42 Å². The van der Waals surface area contributed by atoms with Gasteiger partial charge in [-0.15, -0.1) is 0 Å². The van der Waals surface area contributed by atoms with Crippen LogP contribution in [0.25, 0.3) is 0 Å². The zero-order valence-electron chi connectivity index (χ0n) is 8.64. The van der Waals surface area contributed by atoms with Crippen LogP contribution in [0.3, 0.4) is 0 Å². The van der Waals surface area contributed by atoms with Gasteiger partial charge in [0.1, 0.15) is 0 Å². The Kier molecular flexibility index (Phi) is 2.73. The molecule has 0 aliphatic carbocycles. The highest BCUT2D eigenvalue weighted by atomic mass is 16.3. The molecule has 2 rings (SSSR count). The number of likely N-dealkylation sites (tertiary alicyclic amines) is 1. The second-order valence-corrected chi connectivity index (χ2v) is 3.81. The zero-order valence-corrected chi connectivity index (χ0v) is 8.64. The molecule has 15 heavy (non-hydrogen) atoms. The average Bonchev–Trinajstić information content (AvgIpc) is 2.63. The number of β-amino-alcohol motifs (C(OH)–C–C–N with tert-alkyl or cyclic N) is 1. The number of carbonyl (C=O) groups is 1. The Morgan fingerprint density at radius 3 is 3.13 bits per heavy atom. The number of rotatable bonds is 1. The molecule has 0 saturated carbocycles. The standard InChI is InChI=1S/C10H14N2O3/c1-7-9(15-6-11-7)10(14)12-4-2-3-8(13)5-12/h6,8,13H,2-5H2,1H3/t8-/m0/s1. The first kappa shape index (κ1) is 10.2. The minimum atomic E-state index is -0.411. The van der Waals surface area contributed by atoms with Gasteiger partial charge in [-0.3, -0.25) is 4.79 Å². The van der Waals surface area contributed by atoms with Crippen LogP contribution < -0.4 is 0 Å². The molecule has 82 valence electrons. The fraction of sp³-hybridized carbons (Fsp3) is 0.600. The van der Waals surface area contributed by atoms with Crippen LogP contribution in [-0.4, -0.2) is 40.1 Å². The third-order valence-corrected chi connectivity index (χ3v) is 2.62. The Bertz CT molecular complexity index is 361. The van der Waals surface area contributed by atoms with Gasteiger partial charge in [0.05, 0.1) is 11.8 Å². The highest BCUT2D eigenvalue weighted by molar-refractivity contribution is 5.92. The maximum atomic E-state index is 11.9. The lowest BCUT2D eigenvalue weighted by Gasteiger charge is -2.29. The first-order valence-electron chi connectivity index (χ1n) is 5.06. The molecule has 0 unspecified atom stereocenters. The van der Waals surface area contributed by atoms with E-state index in [0.29, 0.717) is 18.8 Å². The highest BCUT2D eigenvalue weighted by Crippen LogP contribution is 2.15. The van der Waals surface area contributed by atoms with Gasteiger partial charge >= 0.3 is 0 Å². The number of piperidine rings is 1. The number of carbonyl (C=O) groups excluding carboxylic acids is 1. The Balaban J connectivity index is 2.11. The first-order chi connectivity index (χ1) is 7.18. The summed E-state index contributed by atoms with van der Waals surface area (Å²) in [6.45, 7) is 2.80. The van der Waals surface area contributed by atoms with E-state index in [0.717, 1.165) is 12.8 Å². The van der Waals surface area contributed by atoms with Crippen molar-refractivity contribution in [3.05, 3.63) is 17.8 Å². The van der Waals surface area contributed by atoms with E-state index in [1.165, 1.54) is 6.39 Å². The predicted octanol–water partition coefficient (Wildman–Crippen LogP) is 0.580. The molecule has 1 aliphatic heterocycles. The van der Waals surface area contributed by atoms with Gasteiger partial charge in [-0.05, 0) is 19.8 Å². The van der Waals surface area contributed by atoms with Crippen LogP contribution in [0.2, 0.25) is 0 Å². The van der Waals surface area contributed by atoms with Crippen molar-refractivity contribution in [3.8, 4) is 0 Å². The number of aliphatic hydroxyl groups is 1. The van der Waals surface area contributed by atoms with Gasteiger partial charge < -0.3 is 14.4 Å². The Hall–Kier alpha value is -1.36. The second-order valence-electron chi connectivity index (χ2n) is 3.81. The smallest absolute Gasteiger partial charge is 0.291 e. The lowest BCUT2D eigenvalue weighted by atomic mass is 10.1. The molecule has 1 saturated heterocycles. The molecule has 1 amide bonds. The second kappa shape index (κ2) is 4.02. The molecule has 2 heterocycles. The lowest BCUT2D eigenvalue weighted by Crippen LogP contribution is -2.42. The predicted molar refractivity (Wildman–Crippen MR) is 52.4 cm³/mol. The number of nitrogens with zero attached hydrogens (tertiary/aromatic N) is 2. The van der Waals surface area contributed by atoms with Crippen LogP contribution in [0.4, 0.5) is 0 Å². The van der Waals surface area contributed by atoms with Crippen LogP contribution in [0, 0.1) is 6.92 Å². The van der Waals surface area contributed by atoms with Gasteiger partial charge in [0, 0.05) is 13.1 Å². The van der Waals surface area contributed by atoms with Crippen LogP contribution in [0.1, 0.15) is 29.1 Å². The largest absolute Gasteiger partial charge is 0.438 e. The van der Waals surface area contributed by atoms with Gasteiger partial charge in [-0.1, -0.05) is 0 Å². The number of oxazole rings is 1. The molecule has 0 spiro atoms. The van der Waals surface area contributed by atoms with E-state index in [9.17, 15) is 9.90 Å². The summed E-state index contributed by atoms with van der Waals surface area (Å²) in [5, 5.41) is 9.46. The maximum absolute atomic E-state index is 11.9. The number of hydrogen-bond donors (Lipinski definition) is 1. The molecule has 1 fully saturated rings. The van der Waals surface area contributed by atoms with Crippen molar-refractivity contribution in [1.82, 2.24) is 9.88 Å². The molecule has 1 atom stereocenters. The monoisotopic (exact) mass is 210 g/mol. The number of aryl methyl sites for hydroxylation is 1. The number of hydrogen-bond acceptors (Lipinski definition) is 4. The van der Waals surface area contributed by atoms with Crippen LogP contribution in [0.5, 0.6) is 0 Å². The summed E-state index contributed by atoms with van der Waals surface area (Å²) in [4.78, 5) is 17.4. The molecule has 5 nitrogen and oxygen atoms in total. The van der Waals surface area contributed by atoms with Crippen molar-refractivity contribution in [2.45, 2.75) is 25.9 Å². The Labute approximate surface area is 87.7 Å². The Morgan fingerprint density at radius 2 is 2.53 bits per heavy atom. The number of amides is 1. The summed E-state index contributed by atoms with van der Waals surface area (Å²) in [7, 11) is 0. The molecule has 1 aromatic heterocycles. The fourth-order valence-electron chi connectivity index (χ4n) is 1.79. The maximum Gasteiger partial charge on any atom is 0.291 e. The van der Waals surface area contributed by atoms with Gasteiger partial charge in [0.25, 0.3) is 5.91 Å². The SMILES string of the molecule is Cc1ncoc1C(=O)N1CCC[C@H](O)C1. The van der Waals surface area contributed by atoms with Gasteiger partial charge in [0.15, 0.2) is 6.39 Å². The van der Waals surface area contributed by atoms with Crippen molar-refractivity contribution < 1.29 is 14.3 Å². The quantitative estimate of drug-likeness (QED) is 0.736. The molecule has 1 N–H and O–H groups in total. The molecule has 0 aromatic carbocycles. The molecule has 0 bridgehead atoms. The average molecular weight is 210 g/mol. The summed E-state index contributed by atoms with van der Waals surface area (Å²) in [5.41, 5.74) is 0.597. The molecule has 1 aromatic rings. The summed E-state index contributed by atoms with van der Waals surface area (Å²) in [6, 6.07) is 0. The van der Waals surface area contributed by atoms with E-state index >= 15 is 0 Å². The minimum Gasteiger partial charge on any atom is -0.438 e. The van der Waals surface area contributed by atoms with Gasteiger partial charge in [0.2, 0.25) is 5.76 Å². The van der Waals surface area contributed by atoms with Gasteiger partial charge in [-0.25, -0.2) is 4.98 Å². The molecular weight excluding hydrogens is 196 g/mol. The Morgan fingerprint density at radius 1 is 1.73 bits per heavy atom. The third kappa shape index (κ3) is 2.02. The lowest BCUT2D eigenvalue weighted by molar-refractivity contribution is 0.0447. The number of aromatic nitrogens is 1. The number of aliphatic hydroxyl groups excluding tert-OH is 1. The zero-order chi connectivity index (χ0) is 10.8. The minimum absolute atomic E-state index is 0.177. The van der Waals surface area contributed by atoms with E-state index in [-0.39, 0.29) is 11.7 Å². The van der Waals surface area contributed by atoms with Crippen LogP contribution >= 0.6 is 0 Å². The summed E-state index contributed by atoms with van der Waals surface area (Å²) in [6.07, 6.45) is 2.45. The highest BCUT2D eigenvalue weighted by Gasteiger charge is 2.26. The van der Waals surface area contributed by atoms with E-state index < -0.39 is 6.10 Å². The van der Waals surface area contributed by atoms with Crippen molar-refractivity contribution in [2.24, 2.45) is 0 Å². The summed E-state index contributed by atoms with van der Waals surface area (Å²) < 4.78 is 5.03. The van der Waals surface area contributed by atoms with Crippen molar-refractivity contribution in [1.29, 1.82) is 0 Å². The molecule has 0 radical (unpaired) electrons. The van der Waals surface area contributed by atoms with Crippen molar-refractivity contribution >= 4 is 5.91 Å². The fourth-order valence-corrected chi connectivity index (χ4v) is 1.79. The van der Waals surface area contributed by atoms with E-state index in [2.05, 4.69) is 4.98 Å². The molecule has 1 aliphatic rings. The van der Waals surface area contributed by atoms with Crippen LogP contribution in [0.15, 0.2) is 10.8 Å². The van der Waals surface area contributed by atoms with E-state index in [1.54, 1.807) is 11.8 Å². The molecular formula is C10H14N2O3. The summed E-state index contributed by atoms with van der Waals surface area (Å²) in [5.74, 6) is 0.104. The normalized spacial score (nSPS) is 21.7. The van der Waals surface area contributed by atoms with Gasteiger partial charge in [-0.2, -0.15) is 0 Å². The van der Waals surface area contributed by atoms with Crippen LogP contribution in [-0.2, 0) is 0 Å². The third-order valence-electron chi connectivity index (χ3n) is 2.62. The summed E-state index contributed by atoms with van der Waals surface area (Å²) >= 11 is 0. The van der Waals surface area contributed by atoms with Crippen molar-refractivity contribution in [2.75, 3.05) is 13.1 Å². The first-order valence-corrected chi connectivity index (χ1v) is 5.06. The van der Waals surface area contributed by atoms with Crippen molar-refractivity contribution in [3.63, 3.8) is 0 Å². The molecule has 5 heteroatoms. The topological polar surface area (TPSA) is 66.6 Å².